The second-order valence-electron chi connectivity index (χ2n) is 4.90. The van der Waals surface area contributed by atoms with Crippen LogP contribution in [-0.2, 0) is 23.9 Å². The predicted molar refractivity (Wildman–Crippen MR) is 77.9 cm³/mol. The first kappa shape index (κ1) is 16.0. The van der Waals surface area contributed by atoms with Gasteiger partial charge in [0.05, 0.1) is 13.2 Å². The molecule has 0 saturated carbocycles. The second kappa shape index (κ2) is 7.06. The van der Waals surface area contributed by atoms with Gasteiger partial charge in [-0.2, -0.15) is 0 Å². The maximum absolute atomic E-state index is 12.2. The molecule has 0 aromatic heterocycles. The molecule has 1 aromatic rings. The number of benzene rings is 1. The molecule has 22 heavy (non-hydrogen) atoms. The Hall–Kier alpha value is -2.37. The van der Waals surface area contributed by atoms with Crippen LogP contribution in [0.5, 0.6) is 0 Å². The Kier molecular flexibility index (Phi) is 5.14. The predicted octanol–water partition coefficient (Wildman–Crippen LogP) is 1.01. The third-order valence-electron chi connectivity index (χ3n) is 3.56. The van der Waals surface area contributed by atoms with Crippen LogP contribution in [0.15, 0.2) is 30.3 Å². The van der Waals surface area contributed by atoms with Crippen LogP contribution in [-0.4, -0.2) is 37.1 Å². The van der Waals surface area contributed by atoms with Crippen molar-refractivity contribution in [2.24, 2.45) is 5.92 Å². The molecule has 118 valence electrons. The Morgan fingerprint density at radius 3 is 2.23 bits per heavy atom. The summed E-state index contributed by atoms with van der Waals surface area (Å²) in [5, 5.41) is 2.56. The molecule has 6 heteroatoms. The van der Waals surface area contributed by atoms with E-state index in [2.05, 4.69) is 5.32 Å². The summed E-state index contributed by atoms with van der Waals surface area (Å²) < 4.78 is 9.99. The topological polar surface area (TPSA) is 81.7 Å². The average molecular weight is 305 g/mol. The number of amides is 1. The minimum atomic E-state index is -1.04. The molecule has 3 atom stereocenters. The zero-order valence-corrected chi connectivity index (χ0v) is 12.6. The van der Waals surface area contributed by atoms with E-state index in [1.54, 1.807) is 38.1 Å². The lowest BCUT2D eigenvalue weighted by molar-refractivity contribution is -0.151. The van der Waals surface area contributed by atoms with Gasteiger partial charge in [0.2, 0.25) is 5.91 Å². The molecule has 2 rings (SSSR count). The highest BCUT2D eigenvalue weighted by Gasteiger charge is 2.51. The van der Waals surface area contributed by atoms with E-state index < -0.39 is 35.7 Å². The van der Waals surface area contributed by atoms with Crippen LogP contribution in [0.25, 0.3) is 0 Å². The smallest absolute Gasteiger partial charge is 0.329 e. The summed E-state index contributed by atoms with van der Waals surface area (Å²) in [6, 6.07) is 8.09. The number of hydrogen-bond acceptors (Lipinski definition) is 5. The molecule has 0 unspecified atom stereocenters. The molecule has 1 aliphatic rings. The van der Waals surface area contributed by atoms with Gasteiger partial charge in [-0.25, -0.2) is 4.79 Å². The number of nitrogens with one attached hydrogen (secondary N) is 1. The lowest BCUT2D eigenvalue weighted by Crippen LogP contribution is -2.37. The van der Waals surface area contributed by atoms with Crippen LogP contribution in [0.3, 0.4) is 0 Å². The van der Waals surface area contributed by atoms with Gasteiger partial charge in [-0.1, -0.05) is 30.3 Å². The van der Waals surface area contributed by atoms with Crippen LogP contribution in [0, 0.1) is 5.92 Å². The van der Waals surface area contributed by atoms with Gasteiger partial charge in [0.15, 0.2) is 0 Å². The third kappa shape index (κ3) is 3.10. The maximum Gasteiger partial charge on any atom is 0.329 e. The highest BCUT2D eigenvalue weighted by molar-refractivity contribution is 6.04. The highest BCUT2D eigenvalue weighted by atomic mass is 16.5. The van der Waals surface area contributed by atoms with E-state index in [-0.39, 0.29) is 13.2 Å². The molecular formula is C16H19NO5. The Labute approximate surface area is 128 Å². The van der Waals surface area contributed by atoms with Gasteiger partial charge < -0.3 is 14.8 Å². The molecule has 1 N–H and O–H groups in total. The van der Waals surface area contributed by atoms with Crippen LogP contribution < -0.4 is 5.32 Å². The lowest BCUT2D eigenvalue weighted by Gasteiger charge is -2.21. The Morgan fingerprint density at radius 1 is 1.05 bits per heavy atom. The monoisotopic (exact) mass is 305 g/mol. The standard InChI is InChI=1S/C16H19NO5/c1-3-21-15(19)12-11(10-8-6-5-7-9-10)13(17-14(12)18)16(20)22-4-2/h5-9,11-13H,3-4H2,1-2H3,(H,17,18)/t11-,12-,13+/m1/s1. The number of esters is 2. The van der Waals surface area contributed by atoms with E-state index >= 15 is 0 Å². The van der Waals surface area contributed by atoms with E-state index in [1.807, 2.05) is 6.07 Å². The third-order valence-corrected chi connectivity index (χ3v) is 3.56. The summed E-state index contributed by atoms with van der Waals surface area (Å²) in [4.78, 5) is 36.4. The molecular weight excluding hydrogens is 286 g/mol. The van der Waals surface area contributed by atoms with Gasteiger partial charge in [-0.15, -0.1) is 0 Å². The van der Waals surface area contributed by atoms with Crippen molar-refractivity contribution in [1.29, 1.82) is 0 Å². The van der Waals surface area contributed by atoms with Crippen LogP contribution in [0.1, 0.15) is 25.3 Å². The minimum Gasteiger partial charge on any atom is -0.465 e. The number of carbonyl (C=O) groups excluding carboxylic acids is 3. The summed E-state index contributed by atoms with van der Waals surface area (Å²) in [6.07, 6.45) is 0. The number of hydrogen-bond donors (Lipinski definition) is 1. The zero-order valence-electron chi connectivity index (χ0n) is 12.6. The highest BCUT2D eigenvalue weighted by Crippen LogP contribution is 2.35. The molecule has 1 heterocycles. The van der Waals surface area contributed by atoms with Crippen LogP contribution in [0.2, 0.25) is 0 Å². The van der Waals surface area contributed by atoms with E-state index in [4.69, 9.17) is 9.47 Å². The molecule has 6 nitrogen and oxygen atoms in total. The van der Waals surface area contributed by atoms with E-state index in [0.717, 1.165) is 5.56 Å². The normalized spacial score (nSPS) is 23.7. The zero-order chi connectivity index (χ0) is 16.1. The van der Waals surface area contributed by atoms with Gasteiger partial charge in [-0.05, 0) is 19.4 Å². The molecule has 0 radical (unpaired) electrons. The van der Waals surface area contributed by atoms with Crippen molar-refractivity contribution < 1.29 is 23.9 Å². The summed E-state index contributed by atoms with van der Waals surface area (Å²) in [7, 11) is 0. The van der Waals surface area contributed by atoms with Crippen molar-refractivity contribution in [3.05, 3.63) is 35.9 Å². The van der Waals surface area contributed by atoms with E-state index in [9.17, 15) is 14.4 Å². The first-order valence-electron chi connectivity index (χ1n) is 7.28. The van der Waals surface area contributed by atoms with Crippen molar-refractivity contribution in [2.45, 2.75) is 25.8 Å². The van der Waals surface area contributed by atoms with Crippen LogP contribution in [0.4, 0.5) is 0 Å². The summed E-state index contributed by atoms with van der Waals surface area (Å²) in [6.45, 7) is 3.74. The average Bonchev–Trinajstić information content (AvgIpc) is 2.86. The van der Waals surface area contributed by atoms with Crippen molar-refractivity contribution in [3.8, 4) is 0 Å². The molecule has 0 spiro atoms. The quantitative estimate of drug-likeness (QED) is 0.648. The Bertz CT molecular complexity index is 557. The molecule has 1 aliphatic heterocycles. The van der Waals surface area contributed by atoms with Crippen LogP contribution >= 0.6 is 0 Å². The fourth-order valence-corrected chi connectivity index (χ4v) is 2.67. The number of carbonyl (C=O) groups is 3. The Morgan fingerprint density at radius 2 is 1.64 bits per heavy atom. The van der Waals surface area contributed by atoms with Crippen molar-refractivity contribution >= 4 is 17.8 Å². The van der Waals surface area contributed by atoms with Gasteiger partial charge >= 0.3 is 11.9 Å². The van der Waals surface area contributed by atoms with E-state index in [0.29, 0.717) is 0 Å². The molecule has 1 saturated heterocycles. The van der Waals surface area contributed by atoms with Gasteiger partial charge in [0, 0.05) is 5.92 Å². The largest absolute Gasteiger partial charge is 0.465 e. The summed E-state index contributed by atoms with van der Waals surface area (Å²) in [5.41, 5.74) is 0.719. The fraction of sp³-hybridized carbons (Fsp3) is 0.438. The lowest BCUT2D eigenvalue weighted by atomic mass is 9.84. The number of rotatable bonds is 5. The minimum absolute atomic E-state index is 0.175. The molecule has 0 bridgehead atoms. The van der Waals surface area contributed by atoms with Crippen molar-refractivity contribution in [2.75, 3.05) is 13.2 Å². The molecule has 1 amide bonds. The first-order valence-corrected chi connectivity index (χ1v) is 7.28. The van der Waals surface area contributed by atoms with Gasteiger partial charge in [0.25, 0.3) is 0 Å². The van der Waals surface area contributed by atoms with Gasteiger partial charge in [-0.3, -0.25) is 9.59 Å². The fourth-order valence-electron chi connectivity index (χ4n) is 2.67. The first-order chi connectivity index (χ1) is 10.6. The molecule has 1 aromatic carbocycles. The van der Waals surface area contributed by atoms with Crippen molar-refractivity contribution in [3.63, 3.8) is 0 Å². The van der Waals surface area contributed by atoms with Gasteiger partial charge in [0.1, 0.15) is 12.0 Å². The molecule has 0 aliphatic carbocycles. The van der Waals surface area contributed by atoms with E-state index in [1.165, 1.54) is 0 Å². The number of ether oxygens (including phenoxy) is 2. The summed E-state index contributed by atoms with van der Waals surface area (Å²) >= 11 is 0. The maximum atomic E-state index is 12.2. The second-order valence-corrected chi connectivity index (χ2v) is 4.90. The van der Waals surface area contributed by atoms with Crippen molar-refractivity contribution in [1.82, 2.24) is 5.32 Å². The SMILES string of the molecule is CCOC(=O)[C@H]1C(=O)N[C@H](C(=O)OCC)[C@@H]1c1ccccc1. The Balaban J connectivity index is 2.38. The molecule has 1 fully saturated rings. The summed E-state index contributed by atoms with van der Waals surface area (Å²) in [5.74, 6) is -3.36.